The van der Waals surface area contributed by atoms with Crippen molar-refractivity contribution in [3.63, 3.8) is 0 Å². The van der Waals surface area contributed by atoms with Crippen LogP contribution < -0.4 is 15.4 Å². The number of nitrogens with zero attached hydrogens (tertiary/aromatic N) is 2. The minimum atomic E-state index is -4.54. The second-order valence-electron chi connectivity index (χ2n) is 6.99. The Morgan fingerprint density at radius 1 is 1.11 bits per heavy atom. The zero-order chi connectivity index (χ0) is 26.0. The molecule has 0 spiro atoms. The van der Waals surface area contributed by atoms with Gasteiger partial charge in [-0.1, -0.05) is 11.6 Å². The number of ether oxygens (including phenoxy) is 1. The van der Waals surface area contributed by atoms with Gasteiger partial charge in [0.2, 0.25) is 11.8 Å². The van der Waals surface area contributed by atoms with Crippen molar-refractivity contribution in [3.05, 3.63) is 58.6 Å². The summed E-state index contributed by atoms with van der Waals surface area (Å²) in [6.45, 7) is -1.67. The lowest BCUT2D eigenvalue weighted by Gasteiger charge is -2.22. The van der Waals surface area contributed by atoms with E-state index in [9.17, 15) is 31.9 Å². The van der Waals surface area contributed by atoms with Crippen molar-refractivity contribution in [2.45, 2.75) is 19.1 Å². The summed E-state index contributed by atoms with van der Waals surface area (Å²) in [4.78, 5) is 41.0. The molecule has 0 atom stereocenters. The predicted octanol–water partition coefficient (Wildman–Crippen LogP) is 1.87. The van der Waals surface area contributed by atoms with E-state index in [4.69, 9.17) is 21.4 Å². The molecule has 190 valence electrons. The van der Waals surface area contributed by atoms with E-state index in [2.05, 4.69) is 15.6 Å². The van der Waals surface area contributed by atoms with E-state index in [0.717, 1.165) is 23.1 Å². The second kappa shape index (κ2) is 12.9. The monoisotopic (exact) mass is 520 g/mol. The number of alkyl halides is 3. The van der Waals surface area contributed by atoms with Gasteiger partial charge < -0.3 is 25.4 Å². The summed E-state index contributed by atoms with van der Waals surface area (Å²) in [6, 6.07) is 5.52. The molecule has 3 N–H and O–H groups in total. The lowest BCUT2D eigenvalue weighted by Crippen LogP contribution is -2.45. The first-order chi connectivity index (χ1) is 16.5. The fraction of sp³-hybridized carbons (Fsp3) is 0.333. The summed E-state index contributed by atoms with van der Waals surface area (Å²) in [5.74, 6) is -2.79. The highest BCUT2D eigenvalue weighted by molar-refractivity contribution is 6.30. The van der Waals surface area contributed by atoms with E-state index in [1.807, 2.05) is 0 Å². The first-order valence-corrected chi connectivity index (χ1v) is 10.4. The molecule has 0 radical (unpaired) electrons. The maximum atomic E-state index is 13.4. The van der Waals surface area contributed by atoms with Crippen molar-refractivity contribution < 1.29 is 41.8 Å². The molecule has 3 amide bonds. The van der Waals surface area contributed by atoms with Gasteiger partial charge in [-0.25, -0.2) is 4.39 Å². The Labute approximate surface area is 202 Å². The quantitative estimate of drug-likeness (QED) is 0.236. The van der Waals surface area contributed by atoms with E-state index >= 15 is 0 Å². The van der Waals surface area contributed by atoms with Crippen LogP contribution in [-0.2, 0) is 27.1 Å². The number of aliphatic hydroxyl groups excluding tert-OH is 1. The summed E-state index contributed by atoms with van der Waals surface area (Å²) < 4.78 is 56.2. The van der Waals surface area contributed by atoms with Gasteiger partial charge in [-0.15, -0.1) is 0 Å². The van der Waals surface area contributed by atoms with Gasteiger partial charge in [0.15, 0.2) is 6.61 Å². The van der Waals surface area contributed by atoms with Crippen LogP contribution in [0, 0.1) is 5.82 Å². The fourth-order valence-electron chi connectivity index (χ4n) is 2.56. The highest BCUT2D eigenvalue weighted by Gasteiger charge is 2.30. The molecular formula is C21H21ClF4N4O5. The van der Waals surface area contributed by atoms with Gasteiger partial charge in [0, 0.05) is 18.8 Å². The molecule has 1 heterocycles. The van der Waals surface area contributed by atoms with Crippen LogP contribution in [0.4, 0.5) is 17.6 Å². The van der Waals surface area contributed by atoms with Crippen molar-refractivity contribution in [3.8, 4) is 5.75 Å². The van der Waals surface area contributed by atoms with Gasteiger partial charge in [-0.2, -0.15) is 13.2 Å². The molecular weight excluding hydrogens is 500 g/mol. The highest BCUT2D eigenvalue weighted by Crippen LogP contribution is 2.28. The van der Waals surface area contributed by atoms with Crippen molar-refractivity contribution in [2.75, 3.05) is 26.4 Å². The zero-order valence-electron chi connectivity index (χ0n) is 18.1. The number of pyridine rings is 1. The van der Waals surface area contributed by atoms with Crippen LogP contribution in [0.25, 0.3) is 0 Å². The molecule has 2 aromatic rings. The molecule has 9 nitrogen and oxygen atoms in total. The molecule has 14 heteroatoms. The van der Waals surface area contributed by atoms with Gasteiger partial charge in [-0.05, 0) is 24.3 Å². The first kappa shape index (κ1) is 27.8. The lowest BCUT2D eigenvalue weighted by molar-refractivity contribution is -0.139. The number of halogens is 5. The number of rotatable bonds is 11. The molecule has 0 aliphatic carbocycles. The smallest absolute Gasteiger partial charge is 0.417 e. The third kappa shape index (κ3) is 9.37. The minimum Gasteiger partial charge on any atom is -0.484 e. The largest absolute Gasteiger partial charge is 0.484 e. The van der Waals surface area contributed by atoms with Crippen LogP contribution in [0.1, 0.15) is 17.7 Å². The van der Waals surface area contributed by atoms with E-state index in [0.29, 0.717) is 6.20 Å². The van der Waals surface area contributed by atoms with Crippen LogP contribution in [0.2, 0.25) is 5.02 Å². The number of nitrogens with one attached hydrogen (secondary N) is 2. The van der Waals surface area contributed by atoms with Crippen molar-refractivity contribution in [1.29, 1.82) is 0 Å². The van der Waals surface area contributed by atoms with E-state index in [1.165, 1.54) is 12.1 Å². The third-order valence-corrected chi connectivity index (χ3v) is 4.69. The SMILES string of the molecule is O=C(COc1ccc(Cl)c(F)c1)NCN(CCO)C(=O)CC(=O)NCc1ccc(C(F)(F)F)cn1. The van der Waals surface area contributed by atoms with E-state index in [-0.39, 0.29) is 36.2 Å². The molecule has 35 heavy (non-hydrogen) atoms. The number of aliphatic hydroxyl groups is 1. The molecule has 0 fully saturated rings. The average molecular weight is 521 g/mol. The number of amides is 3. The predicted molar refractivity (Wildman–Crippen MR) is 114 cm³/mol. The Morgan fingerprint density at radius 3 is 2.46 bits per heavy atom. The minimum absolute atomic E-state index is 0.0598. The van der Waals surface area contributed by atoms with Gasteiger partial charge in [0.1, 0.15) is 18.0 Å². The molecule has 0 aliphatic heterocycles. The van der Waals surface area contributed by atoms with Crippen molar-refractivity contribution in [1.82, 2.24) is 20.5 Å². The molecule has 0 aliphatic rings. The van der Waals surface area contributed by atoms with Gasteiger partial charge in [0.05, 0.1) is 36.1 Å². The molecule has 0 saturated carbocycles. The Bertz CT molecular complexity index is 1040. The summed E-state index contributed by atoms with van der Waals surface area (Å²) in [5, 5.41) is 13.8. The molecule has 2 rings (SSSR count). The second-order valence-corrected chi connectivity index (χ2v) is 7.40. The summed E-state index contributed by atoms with van der Waals surface area (Å²) >= 11 is 5.56. The van der Waals surface area contributed by atoms with Gasteiger partial charge >= 0.3 is 6.18 Å². The molecule has 1 aromatic heterocycles. The normalized spacial score (nSPS) is 11.0. The number of carbonyl (C=O) groups excluding carboxylic acids is 3. The fourth-order valence-corrected chi connectivity index (χ4v) is 2.68. The number of carbonyl (C=O) groups is 3. The van der Waals surface area contributed by atoms with Crippen LogP contribution in [0.5, 0.6) is 5.75 Å². The topological polar surface area (TPSA) is 121 Å². The third-order valence-electron chi connectivity index (χ3n) is 4.38. The van der Waals surface area contributed by atoms with Crippen molar-refractivity contribution >= 4 is 29.3 Å². The van der Waals surface area contributed by atoms with Crippen LogP contribution in [0.15, 0.2) is 36.5 Å². The Kier molecular flexibility index (Phi) is 10.2. The summed E-state index contributed by atoms with van der Waals surface area (Å²) in [5.41, 5.74) is -0.783. The molecule has 0 bridgehead atoms. The highest BCUT2D eigenvalue weighted by atomic mass is 35.5. The lowest BCUT2D eigenvalue weighted by atomic mass is 10.2. The van der Waals surface area contributed by atoms with Gasteiger partial charge in [-0.3, -0.25) is 19.4 Å². The Morgan fingerprint density at radius 2 is 1.86 bits per heavy atom. The van der Waals surface area contributed by atoms with Crippen molar-refractivity contribution in [2.24, 2.45) is 0 Å². The van der Waals surface area contributed by atoms with Crippen LogP contribution in [-0.4, -0.2) is 59.1 Å². The maximum absolute atomic E-state index is 13.4. The first-order valence-electron chi connectivity index (χ1n) is 10.0. The standard InChI is InChI=1S/C21H21ClF4N4O5/c22-16-4-3-15(7-17(16)23)35-11-19(33)29-12-30(5-6-31)20(34)8-18(32)28-10-14-2-1-13(9-27-14)21(24,25)26/h1-4,7,9,31H,5-6,8,10-12H2,(H,28,32)(H,29,33). The van der Waals surface area contributed by atoms with Crippen LogP contribution in [0.3, 0.4) is 0 Å². The van der Waals surface area contributed by atoms with Gasteiger partial charge in [0.25, 0.3) is 5.91 Å². The number of hydrogen-bond donors (Lipinski definition) is 3. The summed E-state index contributed by atoms with van der Waals surface area (Å²) in [7, 11) is 0. The molecule has 0 unspecified atom stereocenters. The average Bonchev–Trinajstić information content (AvgIpc) is 2.80. The summed E-state index contributed by atoms with van der Waals surface area (Å²) in [6.07, 6.45) is -4.55. The molecule has 1 aromatic carbocycles. The maximum Gasteiger partial charge on any atom is 0.417 e. The zero-order valence-corrected chi connectivity index (χ0v) is 18.8. The van der Waals surface area contributed by atoms with E-state index in [1.54, 1.807) is 0 Å². The van der Waals surface area contributed by atoms with E-state index < -0.39 is 54.9 Å². The number of hydrogen-bond acceptors (Lipinski definition) is 6. The van der Waals surface area contributed by atoms with Crippen LogP contribution >= 0.6 is 11.6 Å². The number of aromatic nitrogens is 1. The number of benzene rings is 1. The molecule has 0 saturated heterocycles. The Hall–Kier alpha value is -3.45. The Balaban J connectivity index is 1.78.